The van der Waals surface area contributed by atoms with Crippen LogP contribution in [0, 0.1) is 18.6 Å². The van der Waals surface area contributed by atoms with Crippen molar-refractivity contribution in [3.05, 3.63) is 57.5 Å². The van der Waals surface area contributed by atoms with Crippen molar-refractivity contribution in [3.63, 3.8) is 0 Å². The highest BCUT2D eigenvalue weighted by Gasteiger charge is 2.02. The molecule has 0 saturated heterocycles. The molecule has 1 aromatic carbocycles. The van der Waals surface area contributed by atoms with Crippen molar-refractivity contribution >= 4 is 5.95 Å². The smallest absolute Gasteiger partial charge is 0.252 e. The van der Waals surface area contributed by atoms with E-state index in [9.17, 15) is 13.6 Å². The van der Waals surface area contributed by atoms with E-state index in [1.54, 1.807) is 6.92 Å². The van der Waals surface area contributed by atoms with Crippen molar-refractivity contribution in [2.75, 3.05) is 5.32 Å². The summed E-state index contributed by atoms with van der Waals surface area (Å²) in [7, 11) is 0. The molecule has 0 unspecified atom stereocenters. The number of H-pyrrole nitrogens is 1. The highest BCUT2D eigenvalue weighted by atomic mass is 19.1. The van der Waals surface area contributed by atoms with Crippen LogP contribution in [0.2, 0.25) is 0 Å². The molecule has 0 aliphatic rings. The van der Waals surface area contributed by atoms with Crippen molar-refractivity contribution in [1.82, 2.24) is 9.97 Å². The first kappa shape index (κ1) is 12.2. The number of rotatable bonds is 3. The third-order valence-corrected chi connectivity index (χ3v) is 2.25. The van der Waals surface area contributed by atoms with Crippen LogP contribution in [-0.4, -0.2) is 9.97 Å². The molecular weight excluding hydrogens is 240 g/mol. The van der Waals surface area contributed by atoms with Gasteiger partial charge in [0, 0.05) is 24.4 Å². The molecule has 18 heavy (non-hydrogen) atoms. The van der Waals surface area contributed by atoms with Crippen LogP contribution < -0.4 is 10.9 Å². The molecule has 6 heteroatoms. The molecule has 0 radical (unpaired) electrons. The molecule has 2 N–H and O–H groups in total. The van der Waals surface area contributed by atoms with Gasteiger partial charge in [0.1, 0.15) is 11.6 Å². The summed E-state index contributed by atoms with van der Waals surface area (Å²) in [6.45, 7) is 1.85. The second-order valence-electron chi connectivity index (χ2n) is 3.87. The van der Waals surface area contributed by atoms with Gasteiger partial charge >= 0.3 is 0 Å². The van der Waals surface area contributed by atoms with Gasteiger partial charge in [-0.25, -0.2) is 13.8 Å². The second kappa shape index (κ2) is 4.95. The molecule has 0 saturated carbocycles. The zero-order chi connectivity index (χ0) is 13.1. The normalized spacial score (nSPS) is 10.4. The highest BCUT2D eigenvalue weighted by molar-refractivity contribution is 5.28. The maximum atomic E-state index is 12.9. The lowest BCUT2D eigenvalue weighted by atomic mass is 10.2. The van der Waals surface area contributed by atoms with Crippen LogP contribution in [0.5, 0.6) is 0 Å². The van der Waals surface area contributed by atoms with Crippen LogP contribution in [-0.2, 0) is 6.54 Å². The van der Waals surface area contributed by atoms with Crippen LogP contribution in [0.25, 0.3) is 0 Å². The fourth-order valence-electron chi connectivity index (χ4n) is 1.56. The molecule has 94 valence electrons. The summed E-state index contributed by atoms with van der Waals surface area (Å²) >= 11 is 0. The molecule has 0 aliphatic carbocycles. The molecule has 0 atom stereocenters. The molecule has 1 heterocycles. The van der Waals surface area contributed by atoms with Crippen LogP contribution in [0.4, 0.5) is 14.7 Å². The van der Waals surface area contributed by atoms with Crippen LogP contribution >= 0.6 is 0 Å². The van der Waals surface area contributed by atoms with E-state index < -0.39 is 11.6 Å². The summed E-state index contributed by atoms with van der Waals surface area (Å²) in [6, 6.07) is 4.58. The van der Waals surface area contributed by atoms with E-state index in [0.717, 1.165) is 6.07 Å². The number of nitrogens with zero attached hydrogens (tertiary/aromatic N) is 1. The Morgan fingerprint density at radius 2 is 1.89 bits per heavy atom. The minimum Gasteiger partial charge on any atom is -0.352 e. The van der Waals surface area contributed by atoms with Crippen LogP contribution in [0.15, 0.2) is 29.1 Å². The van der Waals surface area contributed by atoms with Crippen molar-refractivity contribution in [1.29, 1.82) is 0 Å². The maximum absolute atomic E-state index is 12.9. The standard InChI is InChI=1S/C12H11F2N3O/c1-7-2-11(18)17-12(16-7)15-6-8-3-9(13)5-10(14)4-8/h2-5H,6H2,1H3,(H2,15,16,17,18). The van der Waals surface area contributed by atoms with Gasteiger partial charge < -0.3 is 5.32 Å². The van der Waals surface area contributed by atoms with Gasteiger partial charge in [0.15, 0.2) is 0 Å². The highest BCUT2D eigenvalue weighted by Crippen LogP contribution is 2.09. The molecular formula is C12H11F2N3O. The Hall–Kier alpha value is -2.24. The lowest BCUT2D eigenvalue weighted by Gasteiger charge is -2.06. The summed E-state index contributed by atoms with van der Waals surface area (Å²) in [4.78, 5) is 17.7. The molecule has 0 aliphatic heterocycles. The van der Waals surface area contributed by atoms with E-state index in [1.807, 2.05) is 0 Å². The first-order chi connectivity index (χ1) is 8.52. The Kier molecular flexibility index (Phi) is 3.36. The number of hydrogen-bond donors (Lipinski definition) is 2. The Labute approximate surface area is 102 Å². The fraction of sp³-hybridized carbons (Fsp3) is 0.167. The largest absolute Gasteiger partial charge is 0.352 e. The zero-order valence-corrected chi connectivity index (χ0v) is 9.63. The average Bonchev–Trinajstić information content (AvgIpc) is 2.23. The third kappa shape index (κ3) is 3.13. The van der Waals surface area contributed by atoms with Gasteiger partial charge in [-0.1, -0.05) is 0 Å². The molecule has 1 aromatic heterocycles. The monoisotopic (exact) mass is 251 g/mol. The van der Waals surface area contributed by atoms with Gasteiger partial charge in [-0.3, -0.25) is 9.78 Å². The Morgan fingerprint density at radius 1 is 1.22 bits per heavy atom. The third-order valence-electron chi connectivity index (χ3n) is 2.25. The molecule has 0 bridgehead atoms. The number of aryl methyl sites for hydroxylation is 1. The number of nitrogens with one attached hydrogen (secondary N) is 2. The Morgan fingerprint density at radius 3 is 2.50 bits per heavy atom. The summed E-state index contributed by atoms with van der Waals surface area (Å²) < 4.78 is 25.9. The number of anilines is 1. The first-order valence-corrected chi connectivity index (χ1v) is 5.30. The predicted molar refractivity (Wildman–Crippen MR) is 63.3 cm³/mol. The summed E-state index contributed by atoms with van der Waals surface area (Å²) in [5.41, 5.74) is 0.707. The number of hydrogen-bond acceptors (Lipinski definition) is 3. The van der Waals surface area contributed by atoms with Gasteiger partial charge in [0.05, 0.1) is 0 Å². The van der Waals surface area contributed by atoms with Crippen molar-refractivity contribution in [3.8, 4) is 0 Å². The average molecular weight is 251 g/mol. The SMILES string of the molecule is Cc1cc(=O)[nH]c(NCc2cc(F)cc(F)c2)n1. The van der Waals surface area contributed by atoms with Gasteiger partial charge in [0.2, 0.25) is 5.95 Å². The zero-order valence-electron chi connectivity index (χ0n) is 9.63. The van der Waals surface area contributed by atoms with E-state index in [1.165, 1.54) is 18.2 Å². The summed E-state index contributed by atoms with van der Waals surface area (Å²) in [5.74, 6) is -1.01. The van der Waals surface area contributed by atoms with Gasteiger partial charge in [-0.15, -0.1) is 0 Å². The lowest BCUT2D eigenvalue weighted by molar-refractivity contribution is 0.580. The van der Waals surface area contributed by atoms with Crippen molar-refractivity contribution < 1.29 is 8.78 Å². The molecule has 0 spiro atoms. The van der Waals surface area contributed by atoms with E-state index >= 15 is 0 Å². The Balaban J connectivity index is 2.13. The Bertz CT molecular complexity index is 605. The van der Waals surface area contributed by atoms with E-state index in [0.29, 0.717) is 11.3 Å². The number of aromatic nitrogens is 2. The van der Waals surface area contributed by atoms with Crippen LogP contribution in [0.1, 0.15) is 11.3 Å². The van der Waals surface area contributed by atoms with E-state index in [4.69, 9.17) is 0 Å². The fourth-order valence-corrected chi connectivity index (χ4v) is 1.56. The number of halogens is 2. The molecule has 2 rings (SSSR count). The van der Waals surface area contributed by atoms with E-state index in [2.05, 4.69) is 15.3 Å². The maximum Gasteiger partial charge on any atom is 0.252 e. The summed E-state index contributed by atoms with van der Waals surface area (Å²) in [5, 5.41) is 2.80. The van der Waals surface area contributed by atoms with Crippen LogP contribution in [0.3, 0.4) is 0 Å². The van der Waals surface area contributed by atoms with Gasteiger partial charge in [-0.05, 0) is 24.6 Å². The second-order valence-corrected chi connectivity index (χ2v) is 3.87. The number of benzene rings is 1. The minimum atomic E-state index is -0.641. The van der Waals surface area contributed by atoms with Crippen molar-refractivity contribution in [2.45, 2.75) is 13.5 Å². The molecule has 0 fully saturated rings. The molecule has 4 nitrogen and oxygen atoms in total. The lowest BCUT2D eigenvalue weighted by Crippen LogP contribution is -2.12. The summed E-state index contributed by atoms with van der Waals surface area (Å²) in [6.07, 6.45) is 0. The van der Waals surface area contributed by atoms with Gasteiger partial charge in [-0.2, -0.15) is 0 Å². The molecule has 2 aromatic rings. The van der Waals surface area contributed by atoms with E-state index in [-0.39, 0.29) is 18.1 Å². The topological polar surface area (TPSA) is 57.8 Å². The quantitative estimate of drug-likeness (QED) is 0.876. The number of aromatic amines is 1. The molecule has 0 amide bonds. The minimum absolute atomic E-state index is 0.168. The first-order valence-electron chi connectivity index (χ1n) is 5.30. The predicted octanol–water partition coefficient (Wildman–Crippen LogP) is 1.97. The van der Waals surface area contributed by atoms with Crippen molar-refractivity contribution in [2.24, 2.45) is 0 Å². The van der Waals surface area contributed by atoms with Gasteiger partial charge in [0.25, 0.3) is 5.56 Å².